The van der Waals surface area contributed by atoms with Gasteiger partial charge in [0.05, 0.1) is 25.8 Å². The molecule has 1 saturated carbocycles. The number of carbonyl (C=O) groups is 1. The summed E-state index contributed by atoms with van der Waals surface area (Å²) in [5, 5.41) is 7.28. The first-order valence-corrected chi connectivity index (χ1v) is 8.97. The summed E-state index contributed by atoms with van der Waals surface area (Å²) < 4.78 is 7.45. The monoisotopic (exact) mass is 340 g/mol. The van der Waals surface area contributed by atoms with E-state index in [9.17, 15) is 4.79 Å². The fourth-order valence-electron chi connectivity index (χ4n) is 3.37. The molecule has 1 aliphatic heterocycles. The Balaban J connectivity index is 1.30. The number of hydrogen-bond donors (Lipinski definition) is 1. The molecule has 2 aromatic rings. The minimum absolute atomic E-state index is 0.0285. The quantitative estimate of drug-likeness (QED) is 0.908. The molecular formula is C19H24N4O2. The number of rotatable bonds is 5. The highest BCUT2D eigenvalue weighted by Crippen LogP contribution is 2.36. The Labute approximate surface area is 147 Å². The first kappa shape index (κ1) is 16.1. The third kappa shape index (κ3) is 4.02. The lowest BCUT2D eigenvalue weighted by Gasteiger charge is -2.35. The first-order valence-electron chi connectivity index (χ1n) is 8.97. The molecule has 25 heavy (non-hydrogen) atoms. The smallest absolute Gasteiger partial charge is 0.318 e. The van der Waals surface area contributed by atoms with E-state index in [0.29, 0.717) is 32.2 Å². The molecule has 4 rings (SSSR count). The summed E-state index contributed by atoms with van der Waals surface area (Å²) in [6.45, 7) is 3.32. The van der Waals surface area contributed by atoms with Crippen molar-refractivity contribution in [3.63, 3.8) is 0 Å². The molecule has 2 fully saturated rings. The Morgan fingerprint density at radius 3 is 2.76 bits per heavy atom. The molecule has 1 saturated heterocycles. The van der Waals surface area contributed by atoms with E-state index in [2.05, 4.69) is 34.7 Å². The highest BCUT2D eigenvalue weighted by molar-refractivity contribution is 5.74. The van der Waals surface area contributed by atoms with Crippen molar-refractivity contribution in [3.8, 4) is 0 Å². The van der Waals surface area contributed by atoms with Gasteiger partial charge >= 0.3 is 6.03 Å². The zero-order valence-corrected chi connectivity index (χ0v) is 14.3. The molecule has 0 spiro atoms. The van der Waals surface area contributed by atoms with Gasteiger partial charge in [0.25, 0.3) is 0 Å². The van der Waals surface area contributed by atoms with Crippen LogP contribution in [0.5, 0.6) is 0 Å². The third-order valence-corrected chi connectivity index (χ3v) is 4.96. The molecule has 1 N–H and O–H groups in total. The summed E-state index contributed by atoms with van der Waals surface area (Å²) in [5.41, 5.74) is 2.30. The summed E-state index contributed by atoms with van der Waals surface area (Å²) >= 11 is 0. The maximum absolute atomic E-state index is 12.5. The fraction of sp³-hybridized carbons (Fsp3) is 0.474. The van der Waals surface area contributed by atoms with Gasteiger partial charge < -0.3 is 15.0 Å². The number of carbonyl (C=O) groups excluding carboxylic acids is 1. The van der Waals surface area contributed by atoms with Crippen LogP contribution in [0.4, 0.5) is 4.79 Å². The van der Waals surface area contributed by atoms with E-state index in [-0.39, 0.29) is 12.1 Å². The Morgan fingerprint density at radius 2 is 2.04 bits per heavy atom. The van der Waals surface area contributed by atoms with E-state index < -0.39 is 0 Å². The summed E-state index contributed by atoms with van der Waals surface area (Å²) in [4.78, 5) is 14.5. The molecule has 132 valence electrons. The zero-order valence-electron chi connectivity index (χ0n) is 14.3. The van der Waals surface area contributed by atoms with Gasteiger partial charge in [0.15, 0.2) is 0 Å². The zero-order chi connectivity index (χ0) is 17.1. The van der Waals surface area contributed by atoms with Gasteiger partial charge in [-0.15, -0.1) is 0 Å². The minimum atomic E-state index is 0.0285. The van der Waals surface area contributed by atoms with E-state index >= 15 is 0 Å². The molecule has 2 aliphatic rings. The van der Waals surface area contributed by atoms with Gasteiger partial charge in [-0.2, -0.15) is 5.10 Å². The number of nitrogens with zero attached hydrogens (tertiary/aromatic N) is 3. The maximum Gasteiger partial charge on any atom is 0.318 e. The molecule has 1 unspecified atom stereocenters. The summed E-state index contributed by atoms with van der Waals surface area (Å²) in [7, 11) is 0. The third-order valence-electron chi connectivity index (χ3n) is 4.96. The van der Waals surface area contributed by atoms with Crippen molar-refractivity contribution in [2.24, 2.45) is 5.92 Å². The number of morpholine rings is 1. The largest absolute Gasteiger partial charge is 0.377 e. The number of nitrogens with one attached hydrogen (secondary N) is 1. The van der Waals surface area contributed by atoms with Crippen molar-refractivity contribution >= 4 is 6.03 Å². The minimum Gasteiger partial charge on any atom is -0.377 e. The van der Waals surface area contributed by atoms with Gasteiger partial charge in [-0.25, -0.2) is 4.79 Å². The Morgan fingerprint density at radius 1 is 1.24 bits per heavy atom. The van der Waals surface area contributed by atoms with Crippen LogP contribution in [0, 0.1) is 5.92 Å². The second-order valence-electron chi connectivity index (χ2n) is 6.85. The highest BCUT2D eigenvalue weighted by atomic mass is 16.5. The second kappa shape index (κ2) is 7.27. The van der Waals surface area contributed by atoms with Crippen LogP contribution in [0.2, 0.25) is 0 Å². The number of hydrogen-bond acceptors (Lipinski definition) is 3. The van der Waals surface area contributed by atoms with E-state index in [0.717, 1.165) is 12.1 Å². The molecule has 0 bridgehead atoms. The lowest BCUT2D eigenvalue weighted by atomic mass is 10.1. The van der Waals surface area contributed by atoms with Gasteiger partial charge in [-0.1, -0.05) is 24.3 Å². The molecule has 6 heteroatoms. The summed E-state index contributed by atoms with van der Waals surface area (Å²) in [6, 6.07) is 10.5. The topological polar surface area (TPSA) is 59.4 Å². The predicted molar refractivity (Wildman–Crippen MR) is 94.0 cm³/mol. The first-order chi connectivity index (χ1) is 12.3. The standard InChI is InChI=1S/C19H24N4O2/c24-19(23-10-11-25-14-18(23)17-6-7-17)20-12-15-2-4-16(5-3-15)13-22-9-1-8-21-22/h1-5,8-9,17-18H,6-7,10-14H2,(H,20,24). The van der Waals surface area contributed by atoms with Crippen molar-refractivity contribution in [2.45, 2.75) is 32.0 Å². The number of ether oxygens (including phenoxy) is 1. The van der Waals surface area contributed by atoms with Crippen molar-refractivity contribution in [1.82, 2.24) is 20.0 Å². The molecular weight excluding hydrogens is 316 g/mol. The molecule has 2 heterocycles. The summed E-state index contributed by atoms with van der Waals surface area (Å²) in [6.07, 6.45) is 6.17. The molecule has 1 aromatic carbocycles. The highest BCUT2D eigenvalue weighted by Gasteiger charge is 2.39. The van der Waals surface area contributed by atoms with Gasteiger partial charge in [-0.3, -0.25) is 4.68 Å². The normalized spacial score (nSPS) is 20.5. The Kier molecular flexibility index (Phi) is 4.70. The average Bonchev–Trinajstić information content (AvgIpc) is 3.38. The van der Waals surface area contributed by atoms with Crippen LogP contribution in [0.3, 0.4) is 0 Å². The lowest BCUT2D eigenvalue weighted by molar-refractivity contribution is 0.00463. The van der Waals surface area contributed by atoms with Gasteiger partial charge in [0.1, 0.15) is 0 Å². The molecule has 6 nitrogen and oxygen atoms in total. The second-order valence-corrected chi connectivity index (χ2v) is 6.85. The molecule has 1 atom stereocenters. The lowest BCUT2D eigenvalue weighted by Crippen LogP contribution is -2.53. The molecule has 1 aromatic heterocycles. The maximum atomic E-state index is 12.5. The number of urea groups is 1. The van der Waals surface area contributed by atoms with E-state index in [4.69, 9.17) is 4.74 Å². The van der Waals surface area contributed by atoms with Gasteiger partial charge in [0, 0.05) is 25.5 Å². The average molecular weight is 340 g/mol. The van der Waals surface area contributed by atoms with Crippen LogP contribution in [0.15, 0.2) is 42.7 Å². The molecule has 0 radical (unpaired) electrons. The fourth-order valence-corrected chi connectivity index (χ4v) is 3.37. The van der Waals surface area contributed by atoms with Crippen LogP contribution in [0.1, 0.15) is 24.0 Å². The predicted octanol–water partition coefficient (Wildman–Crippen LogP) is 2.25. The Hall–Kier alpha value is -2.34. The van der Waals surface area contributed by atoms with Crippen molar-refractivity contribution in [3.05, 3.63) is 53.9 Å². The van der Waals surface area contributed by atoms with Gasteiger partial charge in [-0.05, 0) is 36.0 Å². The van der Waals surface area contributed by atoms with E-state index in [1.807, 2.05) is 21.8 Å². The van der Waals surface area contributed by atoms with Crippen molar-refractivity contribution in [1.29, 1.82) is 0 Å². The summed E-state index contributed by atoms with van der Waals surface area (Å²) in [5.74, 6) is 0.632. The van der Waals surface area contributed by atoms with Crippen molar-refractivity contribution in [2.75, 3.05) is 19.8 Å². The van der Waals surface area contributed by atoms with Crippen LogP contribution >= 0.6 is 0 Å². The van der Waals surface area contributed by atoms with Crippen LogP contribution in [-0.4, -0.2) is 46.5 Å². The van der Waals surface area contributed by atoms with Crippen molar-refractivity contribution < 1.29 is 9.53 Å². The van der Waals surface area contributed by atoms with Crippen LogP contribution < -0.4 is 5.32 Å². The molecule has 2 amide bonds. The molecule has 1 aliphatic carbocycles. The van der Waals surface area contributed by atoms with Crippen LogP contribution in [-0.2, 0) is 17.8 Å². The SMILES string of the molecule is O=C(NCc1ccc(Cn2cccn2)cc1)N1CCOCC1C1CC1. The van der Waals surface area contributed by atoms with Gasteiger partial charge in [0.2, 0.25) is 0 Å². The number of aromatic nitrogens is 2. The van der Waals surface area contributed by atoms with E-state index in [1.54, 1.807) is 6.20 Å². The van der Waals surface area contributed by atoms with Crippen LogP contribution in [0.25, 0.3) is 0 Å². The Bertz CT molecular complexity index is 695. The number of amides is 2. The number of benzene rings is 1. The van der Waals surface area contributed by atoms with E-state index in [1.165, 1.54) is 18.4 Å².